The Kier molecular flexibility index (Phi) is 4.70. The number of esters is 1. The average Bonchev–Trinajstić information content (AvgIpc) is 2.28. The summed E-state index contributed by atoms with van der Waals surface area (Å²) in [5, 5.41) is 0. The predicted octanol–water partition coefficient (Wildman–Crippen LogP) is 2.03. The third-order valence-corrected chi connectivity index (χ3v) is 2.64. The molecule has 0 atom stereocenters. The molecule has 1 aromatic carbocycles. The third-order valence-electron chi connectivity index (χ3n) is 2.64. The van der Waals surface area contributed by atoms with Crippen LogP contribution in [-0.2, 0) is 21.4 Å². The van der Waals surface area contributed by atoms with Crippen molar-refractivity contribution in [2.45, 2.75) is 32.6 Å². The van der Waals surface area contributed by atoms with Crippen LogP contribution in [0.5, 0.6) is 0 Å². The smallest absolute Gasteiger partial charge is 0.319 e. The van der Waals surface area contributed by atoms with Crippen molar-refractivity contribution in [3.63, 3.8) is 0 Å². The number of carbonyl (C=O) groups is 1. The van der Waals surface area contributed by atoms with Crippen LogP contribution < -0.4 is 5.73 Å². The summed E-state index contributed by atoms with van der Waals surface area (Å²) in [6.07, 6.45) is 0.732. The fraction of sp³-hybridized carbons (Fsp3) is 0.500. The number of benzene rings is 1. The van der Waals surface area contributed by atoms with Crippen LogP contribution in [0.25, 0.3) is 0 Å². The van der Waals surface area contributed by atoms with Gasteiger partial charge in [0.15, 0.2) is 0 Å². The lowest BCUT2D eigenvalue weighted by Gasteiger charge is -2.19. The van der Waals surface area contributed by atoms with E-state index in [-0.39, 0.29) is 17.9 Å². The Balaban J connectivity index is 2.49. The van der Waals surface area contributed by atoms with E-state index >= 15 is 0 Å². The second-order valence-electron chi connectivity index (χ2n) is 5.12. The van der Waals surface area contributed by atoms with Gasteiger partial charge in [-0.05, 0) is 16.5 Å². The van der Waals surface area contributed by atoms with Crippen LogP contribution in [0.3, 0.4) is 0 Å². The van der Waals surface area contributed by atoms with Gasteiger partial charge < -0.3 is 10.5 Å². The molecule has 1 rings (SSSR count). The van der Waals surface area contributed by atoms with E-state index in [0.717, 1.165) is 6.42 Å². The lowest BCUT2D eigenvalue weighted by Crippen LogP contribution is -2.18. The summed E-state index contributed by atoms with van der Waals surface area (Å²) in [6, 6.07) is 8.41. The summed E-state index contributed by atoms with van der Waals surface area (Å²) in [7, 11) is 0. The van der Waals surface area contributed by atoms with Crippen LogP contribution in [0.4, 0.5) is 0 Å². The lowest BCUT2D eigenvalue weighted by atomic mass is 9.86. The fourth-order valence-corrected chi connectivity index (χ4v) is 1.51. The molecule has 94 valence electrons. The van der Waals surface area contributed by atoms with Crippen molar-refractivity contribution in [2.24, 2.45) is 5.73 Å². The molecule has 0 saturated carbocycles. The van der Waals surface area contributed by atoms with E-state index in [9.17, 15) is 4.79 Å². The lowest BCUT2D eigenvalue weighted by molar-refractivity contribution is -0.141. The number of carbonyl (C=O) groups excluding carboxylic acids is 1. The van der Waals surface area contributed by atoms with E-state index in [2.05, 4.69) is 45.0 Å². The highest BCUT2D eigenvalue weighted by Crippen LogP contribution is 2.22. The van der Waals surface area contributed by atoms with Gasteiger partial charge in [-0.1, -0.05) is 45.0 Å². The van der Waals surface area contributed by atoms with Crippen molar-refractivity contribution in [3.8, 4) is 0 Å². The second-order valence-corrected chi connectivity index (χ2v) is 5.12. The van der Waals surface area contributed by atoms with Crippen molar-refractivity contribution in [3.05, 3.63) is 35.4 Å². The molecule has 0 aliphatic rings. The first-order chi connectivity index (χ1) is 7.93. The Morgan fingerprint density at radius 1 is 1.24 bits per heavy atom. The monoisotopic (exact) mass is 235 g/mol. The Bertz CT molecular complexity index is 363. The van der Waals surface area contributed by atoms with Crippen molar-refractivity contribution in [2.75, 3.05) is 13.2 Å². The van der Waals surface area contributed by atoms with E-state index in [1.807, 2.05) is 0 Å². The number of rotatable bonds is 4. The molecule has 0 aromatic heterocycles. The molecule has 3 nitrogen and oxygen atoms in total. The van der Waals surface area contributed by atoms with Crippen LogP contribution >= 0.6 is 0 Å². The number of nitrogens with two attached hydrogens (primary N) is 1. The Hall–Kier alpha value is -1.35. The molecule has 0 aliphatic carbocycles. The minimum absolute atomic E-state index is 0.0526. The molecule has 3 heteroatoms. The van der Waals surface area contributed by atoms with E-state index in [1.165, 1.54) is 11.1 Å². The molecule has 0 bridgehead atoms. The fourth-order valence-electron chi connectivity index (χ4n) is 1.51. The zero-order valence-corrected chi connectivity index (χ0v) is 10.8. The minimum Gasteiger partial charge on any atom is -0.464 e. The molecule has 1 aromatic rings. The summed E-state index contributed by atoms with van der Waals surface area (Å²) >= 11 is 0. The topological polar surface area (TPSA) is 52.3 Å². The quantitative estimate of drug-likeness (QED) is 0.812. The standard InChI is InChI=1S/C14H21NO2/c1-14(2,3)12-6-4-11(5-7-12)8-9-17-13(16)10-15/h4-7H,8-10,15H2,1-3H3. The van der Waals surface area contributed by atoms with E-state index in [0.29, 0.717) is 6.61 Å². The maximum absolute atomic E-state index is 10.8. The van der Waals surface area contributed by atoms with Gasteiger partial charge in [0.25, 0.3) is 0 Å². The molecule has 0 heterocycles. The highest BCUT2D eigenvalue weighted by Gasteiger charge is 2.12. The first kappa shape index (κ1) is 13.7. The van der Waals surface area contributed by atoms with Crippen LogP contribution in [0.2, 0.25) is 0 Å². The van der Waals surface area contributed by atoms with Crippen molar-refractivity contribution in [1.29, 1.82) is 0 Å². The van der Waals surface area contributed by atoms with Gasteiger partial charge in [0.05, 0.1) is 13.2 Å². The van der Waals surface area contributed by atoms with E-state index < -0.39 is 0 Å². The zero-order valence-electron chi connectivity index (χ0n) is 10.8. The van der Waals surface area contributed by atoms with Gasteiger partial charge >= 0.3 is 5.97 Å². The Morgan fingerprint density at radius 3 is 2.29 bits per heavy atom. The highest BCUT2D eigenvalue weighted by atomic mass is 16.5. The molecular weight excluding hydrogens is 214 g/mol. The van der Waals surface area contributed by atoms with Crippen LogP contribution in [0.15, 0.2) is 24.3 Å². The largest absolute Gasteiger partial charge is 0.464 e. The van der Waals surface area contributed by atoms with Gasteiger partial charge in [0, 0.05) is 6.42 Å². The van der Waals surface area contributed by atoms with Crippen LogP contribution in [0.1, 0.15) is 31.9 Å². The molecule has 0 fully saturated rings. The van der Waals surface area contributed by atoms with Gasteiger partial charge in [-0.3, -0.25) is 4.79 Å². The molecule has 0 radical (unpaired) electrons. The summed E-state index contributed by atoms with van der Waals surface area (Å²) in [5.41, 5.74) is 7.79. The van der Waals surface area contributed by atoms with Crippen molar-refractivity contribution < 1.29 is 9.53 Å². The van der Waals surface area contributed by atoms with Crippen LogP contribution in [-0.4, -0.2) is 19.1 Å². The Labute approximate surface area is 103 Å². The Morgan fingerprint density at radius 2 is 1.82 bits per heavy atom. The zero-order chi connectivity index (χ0) is 12.9. The number of hydrogen-bond acceptors (Lipinski definition) is 3. The molecule has 0 amide bonds. The third kappa shape index (κ3) is 4.57. The summed E-state index contributed by atoms with van der Waals surface area (Å²) < 4.78 is 4.93. The van der Waals surface area contributed by atoms with Gasteiger partial charge in [0.1, 0.15) is 0 Å². The van der Waals surface area contributed by atoms with Gasteiger partial charge in [-0.2, -0.15) is 0 Å². The van der Waals surface area contributed by atoms with Gasteiger partial charge in [-0.15, -0.1) is 0 Å². The average molecular weight is 235 g/mol. The normalized spacial score (nSPS) is 11.3. The number of hydrogen-bond donors (Lipinski definition) is 1. The molecule has 0 aliphatic heterocycles. The summed E-state index contributed by atoms with van der Waals surface area (Å²) in [6.45, 7) is 6.90. The van der Waals surface area contributed by atoms with Gasteiger partial charge in [0.2, 0.25) is 0 Å². The second kappa shape index (κ2) is 5.82. The SMILES string of the molecule is CC(C)(C)c1ccc(CCOC(=O)CN)cc1. The number of ether oxygens (including phenoxy) is 1. The minimum atomic E-state index is -0.351. The van der Waals surface area contributed by atoms with Crippen molar-refractivity contribution >= 4 is 5.97 Å². The van der Waals surface area contributed by atoms with Crippen molar-refractivity contribution in [1.82, 2.24) is 0 Å². The van der Waals surface area contributed by atoms with E-state index in [4.69, 9.17) is 10.5 Å². The maximum atomic E-state index is 10.8. The molecule has 0 spiro atoms. The summed E-state index contributed by atoms with van der Waals surface area (Å²) in [5.74, 6) is -0.351. The summed E-state index contributed by atoms with van der Waals surface area (Å²) in [4.78, 5) is 10.8. The molecule has 0 saturated heterocycles. The molecular formula is C14H21NO2. The van der Waals surface area contributed by atoms with Crippen LogP contribution in [0, 0.1) is 0 Å². The molecule has 17 heavy (non-hydrogen) atoms. The first-order valence-electron chi connectivity index (χ1n) is 5.88. The highest BCUT2D eigenvalue weighted by molar-refractivity contribution is 5.71. The predicted molar refractivity (Wildman–Crippen MR) is 68.9 cm³/mol. The molecule has 0 unspecified atom stereocenters. The van der Waals surface area contributed by atoms with E-state index in [1.54, 1.807) is 0 Å². The molecule has 2 N–H and O–H groups in total. The maximum Gasteiger partial charge on any atom is 0.319 e. The first-order valence-corrected chi connectivity index (χ1v) is 5.88. The van der Waals surface area contributed by atoms with Gasteiger partial charge in [-0.25, -0.2) is 0 Å².